The molecule has 0 aliphatic heterocycles. The van der Waals surface area contributed by atoms with Crippen LogP contribution < -0.4 is 10.1 Å². The molecule has 0 unspecified atom stereocenters. The molecule has 3 nitrogen and oxygen atoms in total. The second-order valence-electron chi connectivity index (χ2n) is 5.28. The zero-order valence-electron chi connectivity index (χ0n) is 11.8. The van der Waals surface area contributed by atoms with E-state index in [1.54, 1.807) is 13.3 Å². The minimum absolute atomic E-state index is 0.574. The number of rotatable bonds is 4. The Hall–Kier alpha value is -2.03. The van der Waals surface area contributed by atoms with Crippen LogP contribution >= 0.6 is 0 Å². The molecule has 20 heavy (non-hydrogen) atoms. The van der Waals surface area contributed by atoms with E-state index in [0.717, 1.165) is 24.4 Å². The molecular formula is C17H20N2O. The molecule has 3 rings (SSSR count). The van der Waals surface area contributed by atoms with E-state index in [0.29, 0.717) is 5.92 Å². The van der Waals surface area contributed by atoms with Gasteiger partial charge in [-0.1, -0.05) is 6.07 Å². The van der Waals surface area contributed by atoms with Gasteiger partial charge in [0.1, 0.15) is 5.75 Å². The van der Waals surface area contributed by atoms with Crippen molar-refractivity contribution >= 4 is 5.69 Å². The van der Waals surface area contributed by atoms with Crippen LogP contribution in [0.2, 0.25) is 0 Å². The van der Waals surface area contributed by atoms with Gasteiger partial charge in [-0.15, -0.1) is 0 Å². The van der Waals surface area contributed by atoms with Crippen LogP contribution in [0.25, 0.3) is 0 Å². The van der Waals surface area contributed by atoms with E-state index < -0.39 is 0 Å². The molecule has 1 heterocycles. The highest BCUT2D eigenvalue weighted by molar-refractivity contribution is 5.43. The zero-order chi connectivity index (χ0) is 13.8. The van der Waals surface area contributed by atoms with E-state index in [1.165, 1.54) is 24.0 Å². The summed E-state index contributed by atoms with van der Waals surface area (Å²) in [4.78, 5) is 4.14. The van der Waals surface area contributed by atoms with Crippen molar-refractivity contribution < 1.29 is 4.74 Å². The quantitative estimate of drug-likeness (QED) is 0.919. The first kappa shape index (κ1) is 13.0. The Kier molecular flexibility index (Phi) is 3.86. The van der Waals surface area contributed by atoms with Crippen LogP contribution in [0.4, 0.5) is 5.69 Å². The Morgan fingerprint density at radius 3 is 3.10 bits per heavy atom. The van der Waals surface area contributed by atoms with Gasteiger partial charge in [-0.05, 0) is 54.7 Å². The van der Waals surface area contributed by atoms with Gasteiger partial charge in [-0.2, -0.15) is 0 Å². The lowest BCUT2D eigenvalue weighted by Gasteiger charge is -2.26. The van der Waals surface area contributed by atoms with E-state index >= 15 is 0 Å². The molecule has 0 saturated carbocycles. The smallest absolute Gasteiger partial charge is 0.119 e. The number of hydrogen-bond donors (Lipinski definition) is 1. The van der Waals surface area contributed by atoms with Gasteiger partial charge in [0.05, 0.1) is 12.8 Å². The highest BCUT2D eigenvalue weighted by atomic mass is 16.5. The van der Waals surface area contributed by atoms with E-state index in [1.807, 2.05) is 12.3 Å². The largest absolute Gasteiger partial charge is 0.497 e. The Morgan fingerprint density at radius 1 is 1.35 bits per heavy atom. The summed E-state index contributed by atoms with van der Waals surface area (Å²) in [5.41, 5.74) is 4.00. The number of anilines is 1. The second kappa shape index (κ2) is 5.95. The molecule has 0 saturated heterocycles. The van der Waals surface area contributed by atoms with Crippen LogP contribution in [0.3, 0.4) is 0 Å². The molecule has 1 aromatic heterocycles. The molecule has 1 aliphatic carbocycles. The summed E-state index contributed by atoms with van der Waals surface area (Å²) < 4.78 is 5.32. The van der Waals surface area contributed by atoms with Crippen molar-refractivity contribution in [2.24, 2.45) is 0 Å². The highest BCUT2D eigenvalue weighted by Gasteiger charge is 2.20. The van der Waals surface area contributed by atoms with Crippen LogP contribution in [-0.2, 0) is 6.42 Å². The van der Waals surface area contributed by atoms with Crippen LogP contribution in [0.15, 0.2) is 42.7 Å². The lowest BCUT2D eigenvalue weighted by molar-refractivity contribution is 0.413. The first-order chi connectivity index (χ1) is 9.86. The number of pyridine rings is 1. The van der Waals surface area contributed by atoms with Gasteiger partial charge in [-0.25, -0.2) is 0 Å². The average Bonchev–Trinajstić information content (AvgIpc) is 2.53. The molecule has 1 aliphatic rings. The third-order valence-electron chi connectivity index (χ3n) is 4.00. The van der Waals surface area contributed by atoms with Crippen LogP contribution in [0.1, 0.15) is 29.9 Å². The number of benzene rings is 1. The van der Waals surface area contributed by atoms with Gasteiger partial charge < -0.3 is 10.1 Å². The molecule has 2 aromatic rings. The number of aryl methyl sites for hydroxylation is 1. The summed E-state index contributed by atoms with van der Waals surface area (Å²) in [7, 11) is 1.73. The summed E-state index contributed by atoms with van der Waals surface area (Å²) in [5.74, 6) is 1.54. The average molecular weight is 268 g/mol. The summed E-state index contributed by atoms with van der Waals surface area (Å²) in [6.07, 6.45) is 7.33. The highest BCUT2D eigenvalue weighted by Crippen LogP contribution is 2.33. The fourth-order valence-electron chi connectivity index (χ4n) is 2.94. The fourth-order valence-corrected chi connectivity index (χ4v) is 2.94. The van der Waals surface area contributed by atoms with Gasteiger partial charge in [0, 0.05) is 24.9 Å². The number of hydrogen-bond acceptors (Lipinski definition) is 3. The number of nitrogens with one attached hydrogen (secondary N) is 1. The van der Waals surface area contributed by atoms with Crippen LogP contribution in [-0.4, -0.2) is 18.6 Å². The van der Waals surface area contributed by atoms with Gasteiger partial charge in [0.15, 0.2) is 0 Å². The van der Waals surface area contributed by atoms with Crippen molar-refractivity contribution in [2.75, 3.05) is 19.0 Å². The maximum absolute atomic E-state index is 5.32. The van der Waals surface area contributed by atoms with Gasteiger partial charge in [0.2, 0.25) is 0 Å². The summed E-state index contributed by atoms with van der Waals surface area (Å²) >= 11 is 0. The molecule has 1 N–H and O–H groups in total. The van der Waals surface area contributed by atoms with Gasteiger partial charge in [-0.3, -0.25) is 4.98 Å². The predicted molar refractivity (Wildman–Crippen MR) is 81.4 cm³/mol. The molecule has 1 aromatic carbocycles. The predicted octanol–water partition coefficient (Wildman–Crippen LogP) is 3.62. The molecule has 0 spiro atoms. The lowest BCUT2D eigenvalue weighted by Crippen LogP contribution is -2.18. The third-order valence-corrected chi connectivity index (χ3v) is 4.00. The van der Waals surface area contributed by atoms with E-state index in [4.69, 9.17) is 4.74 Å². The first-order valence-electron chi connectivity index (χ1n) is 7.17. The SMILES string of the molecule is COc1ccc2c(c1)CCC[C@H]2CNc1cccnc1. The van der Waals surface area contributed by atoms with E-state index in [-0.39, 0.29) is 0 Å². The molecule has 0 radical (unpaired) electrons. The topological polar surface area (TPSA) is 34.1 Å². The summed E-state index contributed by atoms with van der Waals surface area (Å²) in [5, 5.41) is 3.49. The van der Waals surface area contributed by atoms with Crippen molar-refractivity contribution in [3.63, 3.8) is 0 Å². The molecule has 104 valence electrons. The van der Waals surface area contributed by atoms with Crippen molar-refractivity contribution in [1.29, 1.82) is 0 Å². The number of aromatic nitrogens is 1. The van der Waals surface area contributed by atoms with Crippen molar-refractivity contribution in [3.8, 4) is 5.75 Å². The normalized spacial score (nSPS) is 17.4. The lowest BCUT2D eigenvalue weighted by atomic mass is 9.82. The van der Waals surface area contributed by atoms with Crippen molar-refractivity contribution in [2.45, 2.75) is 25.2 Å². The maximum Gasteiger partial charge on any atom is 0.119 e. The van der Waals surface area contributed by atoms with E-state index in [9.17, 15) is 0 Å². The number of nitrogens with zero attached hydrogens (tertiary/aromatic N) is 1. The van der Waals surface area contributed by atoms with Crippen molar-refractivity contribution in [3.05, 3.63) is 53.9 Å². The Morgan fingerprint density at radius 2 is 2.30 bits per heavy atom. The van der Waals surface area contributed by atoms with Crippen molar-refractivity contribution in [1.82, 2.24) is 4.98 Å². The molecule has 0 amide bonds. The Bertz CT molecular complexity index is 568. The number of fused-ring (bicyclic) bond motifs is 1. The molecule has 1 atom stereocenters. The number of methoxy groups -OCH3 is 1. The Balaban J connectivity index is 1.73. The zero-order valence-corrected chi connectivity index (χ0v) is 11.8. The van der Waals surface area contributed by atoms with Crippen LogP contribution in [0, 0.1) is 0 Å². The monoisotopic (exact) mass is 268 g/mol. The molecular weight excluding hydrogens is 248 g/mol. The standard InChI is InChI=1S/C17H20N2O/c1-20-16-7-8-17-13(10-16)4-2-5-14(17)11-19-15-6-3-9-18-12-15/h3,6-10,12,14,19H,2,4-5,11H2,1H3/t14-/m0/s1. The minimum atomic E-state index is 0.574. The second-order valence-corrected chi connectivity index (χ2v) is 5.28. The molecule has 0 bridgehead atoms. The molecule has 3 heteroatoms. The maximum atomic E-state index is 5.32. The van der Waals surface area contributed by atoms with E-state index in [2.05, 4.69) is 34.6 Å². The van der Waals surface area contributed by atoms with Gasteiger partial charge >= 0.3 is 0 Å². The van der Waals surface area contributed by atoms with Crippen LogP contribution in [0.5, 0.6) is 5.75 Å². The number of ether oxygens (including phenoxy) is 1. The Labute approximate surface area is 120 Å². The summed E-state index contributed by atoms with van der Waals surface area (Å²) in [6.45, 7) is 0.963. The van der Waals surface area contributed by atoms with Gasteiger partial charge in [0.25, 0.3) is 0 Å². The first-order valence-corrected chi connectivity index (χ1v) is 7.17. The third kappa shape index (κ3) is 2.77. The molecule has 0 fully saturated rings. The fraction of sp³-hybridized carbons (Fsp3) is 0.353. The minimum Gasteiger partial charge on any atom is -0.497 e. The summed E-state index contributed by atoms with van der Waals surface area (Å²) in [6, 6.07) is 10.5.